The minimum absolute atomic E-state index is 1.07. The molecule has 4 rings (SSSR count). The van der Waals surface area contributed by atoms with E-state index in [1.165, 1.54) is 22.9 Å². The van der Waals surface area contributed by atoms with Gasteiger partial charge in [-0.3, -0.25) is 0 Å². The van der Waals surface area contributed by atoms with Gasteiger partial charge in [0.1, 0.15) is 0 Å². The van der Waals surface area contributed by atoms with E-state index in [-0.39, 0.29) is 0 Å². The topological polar surface area (TPSA) is 18.8 Å². The van der Waals surface area contributed by atoms with Crippen molar-refractivity contribution in [2.24, 2.45) is 4.99 Å². The van der Waals surface area contributed by atoms with Crippen LogP contribution in [0.15, 0.2) is 41.4 Å². The van der Waals surface area contributed by atoms with Crippen molar-refractivity contribution in [3.8, 4) is 0 Å². The van der Waals surface area contributed by atoms with Gasteiger partial charge < -0.3 is 9.80 Å². The van der Waals surface area contributed by atoms with Crippen molar-refractivity contribution in [1.29, 1.82) is 0 Å². The van der Waals surface area contributed by atoms with E-state index in [2.05, 4.69) is 53.2 Å². The van der Waals surface area contributed by atoms with E-state index in [9.17, 15) is 0 Å². The molecule has 0 unspecified atom stereocenters. The highest BCUT2D eigenvalue weighted by molar-refractivity contribution is 6.14. The van der Waals surface area contributed by atoms with Gasteiger partial charge in [-0.25, -0.2) is 4.99 Å². The maximum absolute atomic E-state index is 4.84. The number of anilines is 1. The van der Waals surface area contributed by atoms with Crippen molar-refractivity contribution in [1.82, 2.24) is 4.90 Å². The molecule has 1 saturated heterocycles. The summed E-state index contributed by atoms with van der Waals surface area (Å²) in [6.45, 7) is 2.16. The standard InChI is InChI=1S/C15H15N3/c1-17-9-4-10-18-13-8-3-6-11-5-2-7-12(14(11)13)16-15(17)18/h2-3,5-8H,4,9-10H2,1H3. The number of guanidine groups is 1. The van der Waals surface area contributed by atoms with E-state index in [1.54, 1.807) is 0 Å². The fourth-order valence-electron chi connectivity index (χ4n) is 2.97. The number of hydrogen-bond acceptors (Lipinski definition) is 3. The molecule has 2 aliphatic rings. The van der Waals surface area contributed by atoms with Gasteiger partial charge >= 0.3 is 0 Å². The van der Waals surface area contributed by atoms with Gasteiger partial charge in [-0.2, -0.15) is 0 Å². The fourth-order valence-corrected chi connectivity index (χ4v) is 2.97. The molecule has 1 fully saturated rings. The number of hydrogen-bond donors (Lipinski definition) is 0. The van der Waals surface area contributed by atoms with Gasteiger partial charge in [-0.05, 0) is 23.9 Å². The van der Waals surface area contributed by atoms with Crippen LogP contribution in [-0.4, -0.2) is 31.0 Å². The zero-order valence-corrected chi connectivity index (χ0v) is 10.4. The summed E-state index contributed by atoms with van der Waals surface area (Å²) in [5, 5.41) is 2.57. The van der Waals surface area contributed by atoms with Gasteiger partial charge in [0.15, 0.2) is 0 Å². The second-order valence-corrected chi connectivity index (χ2v) is 4.99. The number of fused-ring (bicyclic) bond motifs is 2. The molecule has 2 heterocycles. The lowest BCUT2D eigenvalue weighted by molar-refractivity contribution is 0.450. The lowest BCUT2D eigenvalue weighted by atomic mass is 10.0. The zero-order valence-electron chi connectivity index (χ0n) is 10.4. The Hall–Kier alpha value is -2.03. The Morgan fingerprint density at radius 1 is 1.06 bits per heavy atom. The molecule has 0 aliphatic carbocycles. The van der Waals surface area contributed by atoms with Crippen LogP contribution in [0.3, 0.4) is 0 Å². The maximum atomic E-state index is 4.84. The van der Waals surface area contributed by atoms with Crippen LogP contribution < -0.4 is 4.90 Å². The third-order valence-electron chi connectivity index (χ3n) is 3.83. The average Bonchev–Trinajstić information content (AvgIpc) is 2.41. The molecular weight excluding hydrogens is 222 g/mol. The quantitative estimate of drug-likeness (QED) is 0.701. The Balaban J connectivity index is 2.06. The van der Waals surface area contributed by atoms with E-state index < -0.39 is 0 Å². The van der Waals surface area contributed by atoms with E-state index in [0.717, 1.165) is 24.7 Å². The van der Waals surface area contributed by atoms with Crippen LogP contribution in [0.1, 0.15) is 6.42 Å². The van der Waals surface area contributed by atoms with E-state index in [1.807, 2.05) is 0 Å². The van der Waals surface area contributed by atoms with Crippen molar-refractivity contribution >= 4 is 28.1 Å². The molecule has 0 bridgehead atoms. The Morgan fingerprint density at radius 2 is 1.89 bits per heavy atom. The van der Waals surface area contributed by atoms with Crippen molar-refractivity contribution in [3.05, 3.63) is 36.4 Å². The zero-order chi connectivity index (χ0) is 12.1. The molecule has 2 aromatic rings. The molecule has 3 heteroatoms. The van der Waals surface area contributed by atoms with Gasteiger partial charge in [0.2, 0.25) is 5.96 Å². The molecule has 0 saturated carbocycles. The van der Waals surface area contributed by atoms with Crippen LogP contribution in [-0.2, 0) is 0 Å². The highest BCUT2D eigenvalue weighted by atomic mass is 15.4. The van der Waals surface area contributed by atoms with Crippen LogP contribution in [0.4, 0.5) is 11.4 Å². The Kier molecular flexibility index (Phi) is 1.92. The molecule has 0 amide bonds. The predicted octanol–water partition coefficient (Wildman–Crippen LogP) is 2.98. The number of nitrogens with zero attached hydrogens (tertiary/aromatic N) is 3. The number of benzene rings is 2. The van der Waals surface area contributed by atoms with E-state index >= 15 is 0 Å². The number of aliphatic imine (C=N–C) groups is 1. The van der Waals surface area contributed by atoms with Crippen molar-refractivity contribution in [3.63, 3.8) is 0 Å². The minimum atomic E-state index is 1.07. The Labute approximate surface area is 106 Å². The van der Waals surface area contributed by atoms with Crippen LogP contribution in [0.25, 0.3) is 10.8 Å². The van der Waals surface area contributed by atoms with Gasteiger partial charge in [-0.15, -0.1) is 0 Å². The van der Waals surface area contributed by atoms with E-state index in [0.29, 0.717) is 0 Å². The molecule has 3 nitrogen and oxygen atoms in total. The molecular formula is C15H15N3. The van der Waals surface area contributed by atoms with Crippen molar-refractivity contribution in [2.45, 2.75) is 6.42 Å². The summed E-state index contributed by atoms with van der Waals surface area (Å²) in [5.41, 5.74) is 2.41. The normalized spacial score (nSPS) is 17.7. The summed E-state index contributed by atoms with van der Waals surface area (Å²) < 4.78 is 0. The highest BCUT2D eigenvalue weighted by Crippen LogP contribution is 2.39. The molecule has 2 aliphatic heterocycles. The number of rotatable bonds is 0. The Morgan fingerprint density at radius 3 is 2.78 bits per heavy atom. The lowest BCUT2D eigenvalue weighted by Crippen LogP contribution is -2.49. The second-order valence-electron chi connectivity index (χ2n) is 4.99. The summed E-state index contributed by atoms with van der Waals surface area (Å²) in [6, 6.07) is 12.9. The molecule has 0 aromatic heterocycles. The maximum Gasteiger partial charge on any atom is 0.206 e. The van der Waals surface area contributed by atoms with Crippen molar-refractivity contribution < 1.29 is 0 Å². The summed E-state index contributed by atoms with van der Waals surface area (Å²) in [6.07, 6.45) is 1.19. The third kappa shape index (κ3) is 1.22. The monoisotopic (exact) mass is 237 g/mol. The summed E-state index contributed by atoms with van der Waals surface area (Å²) in [7, 11) is 2.12. The second kappa shape index (κ2) is 3.48. The summed E-state index contributed by atoms with van der Waals surface area (Å²) in [4.78, 5) is 9.43. The Bertz CT molecular complexity index is 655. The van der Waals surface area contributed by atoms with Crippen LogP contribution in [0.2, 0.25) is 0 Å². The molecule has 90 valence electrons. The molecule has 0 N–H and O–H groups in total. The fraction of sp³-hybridized carbons (Fsp3) is 0.267. The van der Waals surface area contributed by atoms with Gasteiger partial charge in [0, 0.05) is 25.5 Å². The van der Waals surface area contributed by atoms with Crippen LogP contribution >= 0.6 is 0 Å². The molecule has 0 atom stereocenters. The molecule has 0 radical (unpaired) electrons. The summed E-state index contributed by atoms with van der Waals surface area (Å²) >= 11 is 0. The van der Waals surface area contributed by atoms with Gasteiger partial charge in [-0.1, -0.05) is 24.3 Å². The lowest BCUT2D eigenvalue weighted by Gasteiger charge is -2.39. The highest BCUT2D eigenvalue weighted by Gasteiger charge is 2.27. The first kappa shape index (κ1) is 9.95. The van der Waals surface area contributed by atoms with E-state index in [4.69, 9.17) is 4.99 Å². The molecule has 18 heavy (non-hydrogen) atoms. The molecule has 0 spiro atoms. The van der Waals surface area contributed by atoms with Gasteiger partial charge in [0.25, 0.3) is 0 Å². The predicted molar refractivity (Wildman–Crippen MR) is 75.6 cm³/mol. The smallest absolute Gasteiger partial charge is 0.206 e. The van der Waals surface area contributed by atoms with Crippen LogP contribution in [0, 0.1) is 0 Å². The summed E-state index contributed by atoms with van der Waals surface area (Å²) in [5.74, 6) is 1.09. The largest absolute Gasteiger partial charge is 0.345 e. The van der Waals surface area contributed by atoms with Crippen LogP contribution in [0.5, 0.6) is 0 Å². The van der Waals surface area contributed by atoms with Gasteiger partial charge in [0.05, 0.1) is 11.4 Å². The first-order valence-electron chi connectivity index (χ1n) is 6.44. The SMILES string of the molecule is CN1CCCN2C1=Nc1cccc3cccc2c13. The average molecular weight is 237 g/mol. The first-order valence-corrected chi connectivity index (χ1v) is 6.44. The molecule has 2 aromatic carbocycles. The third-order valence-corrected chi connectivity index (χ3v) is 3.83. The minimum Gasteiger partial charge on any atom is -0.345 e. The first-order chi connectivity index (χ1) is 8.84. The van der Waals surface area contributed by atoms with Crippen molar-refractivity contribution in [2.75, 3.05) is 25.0 Å².